The van der Waals surface area contributed by atoms with Crippen LogP contribution in [0.25, 0.3) is 0 Å². The van der Waals surface area contributed by atoms with Gasteiger partial charge in [-0.2, -0.15) is 0 Å². The third kappa shape index (κ3) is 31.1. The minimum absolute atomic E-state index is 0.291. The quantitative estimate of drug-likeness (QED) is 0.0390. The van der Waals surface area contributed by atoms with Crippen LogP contribution in [-0.4, -0.2) is 30.0 Å². The van der Waals surface area contributed by atoms with E-state index < -0.39 is 0 Å². The van der Waals surface area contributed by atoms with E-state index in [-0.39, 0.29) is 16.8 Å². The Morgan fingerprint density at radius 3 is 0.878 bits per heavy atom. The van der Waals surface area contributed by atoms with Crippen LogP contribution in [0.1, 0.15) is 180 Å². The Morgan fingerprint density at radius 1 is 0.286 bits per heavy atom. The number of unbranched alkanes of at least 4 members (excludes halogenated alkanes) is 24. The zero-order chi connectivity index (χ0) is 34.4. The van der Waals surface area contributed by atoms with E-state index in [2.05, 4.69) is 83.4 Å². The molecule has 1 nitrogen and oxygen atoms in total. The van der Waals surface area contributed by atoms with E-state index in [1.165, 1.54) is 192 Å². The van der Waals surface area contributed by atoms with Crippen molar-refractivity contribution in [2.24, 2.45) is 0 Å². The lowest BCUT2D eigenvalue weighted by molar-refractivity contribution is 0.125. The van der Waals surface area contributed by atoms with Gasteiger partial charge in [-0.1, -0.05) is 199 Å². The summed E-state index contributed by atoms with van der Waals surface area (Å²) in [7, 11) is -0.582. The molecule has 0 fully saturated rings. The molecule has 49 heavy (non-hydrogen) atoms. The first kappa shape index (κ1) is 43.7. The predicted octanol–water partition coefficient (Wildman–Crippen LogP) is 14.5. The molecule has 2 aromatic rings. The first-order valence-corrected chi connectivity index (χ1v) is 25.1. The highest BCUT2D eigenvalue weighted by Gasteiger charge is 1.97. The molecule has 0 aromatic carbocycles. The summed E-state index contributed by atoms with van der Waals surface area (Å²) in [5.74, 6) is 0. The molecule has 2 aromatic heterocycles. The van der Waals surface area contributed by atoms with E-state index in [9.17, 15) is 0 Å². The molecule has 0 N–H and O–H groups in total. The van der Waals surface area contributed by atoms with Crippen LogP contribution in [0.2, 0.25) is 0 Å². The molecule has 0 aliphatic carbocycles. The summed E-state index contributed by atoms with van der Waals surface area (Å²) in [6.07, 6.45) is 48.2. The van der Waals surface area contributed by atoms with Gasteiger partial charge in [0, 0.05) is 30.0 Å². The van der Waals surface area contributed by atoms with Crippen molar-refractivity contribution in [2.45, 2.75) is 192 Å². The summed E-state index contributed by atoms with van der Waals surface area (Å²) in [5, 5.41) is 0. The van der Waals surface area contributed by atoms with Crippen LogP contribution in [0.4, 0.5) is 0 Å². The van der Waals surface area contributed by atoms with Gasteiger partial charge in [-0.05, 0) is 76.3 Å². The Kier molecular flexibility index (Phi) is 32.5. The van der Waals surface area contributed by atoms with Gasteiger partial charge >= 0.3 is 0 Å². The number of ether oxygens (including phenoxy) is 1. The van der Waals surface area contributed by atoms with Crippen molar-refractivity contribution in [2.75, 3.05) is 13.2 Å². The molecular formula is C46H78OSi2. The summed E-state index contributed by atoms with van der Waals surface area (Å²) in [6.45, 7) is 1.95. The highest BCUT2D eigenvalue weighted by Crippen LogP contribution is 2.13. The minimum atomic E-state index is -0.291. The summed E-state index contributed by atoms with van der Waals surface area (Å²) in [4.78, 5) is 0. The third-order valence-corrected chi connectivity index (χ3v) is 14.4. The number of rotatable bonds is 36. The highest BCUT2D eigenvalue weighted by molar-refractivity contribution is 6.49. The Morgan fingerprint density at radius 2 is 0.551 bits per heavy atom. The van der Waals surface area contributed by atoms with Crippen LogP contribution >= 0.6 is 0 Å². The molecule has 0 bridgehead atoms. The maximum atomic E-state index is 5.90. The van der Waals surface area contributed by atoms with Gasteiger partial charge in [0.15, 0.2) is 0 Å². The summed E-state index contributed by atoms with van der Waals surface area (Å²) >= 11 is 0. The topological polar surface area (TPSA) is 9.23 Å². The molecule has 3 heteroatoms. The van der Waals surface area contributed by atoms with E-state index in [4.69, 9.17) is 4.74 Å². The van der Waals surface area contributed by atoms with Crippen LogP contribution < -0.4 is 0 Å². The SMILES string of the molecule is C(=C/CCCCCCCC[si]1ccccc1)/CCCCCCCCOCCCCCCCC/C=C\CCCCCCCC[si]1ccccc1. The summed E-state index contributed by atoms with van der Waals surface area (Å²) in [6, 6.07) is 16.1. The molecule has 0 unspecified atom stereocenters. The number of allylic oxidation sites excluding steroid dienone is 4. The normalized spacial score (nSPS) is 11.8. The fraction of sp³-hybridized carbons (Fsp3) is 0.696. The van der Waals surface area contributed by atoms with E-state index >= 15 is 0 Å². The maximum Gasteiger partial charge on any atom is 0.0466 e. The molecule has 0 radical (unpaired) electrons. The molecule has 0 spiro atoms. The van der Waals surface area contributed by atoms with E-state index in [0.29, 0.717) is 0 Å². The Labute approximate surface area is 308 Å². The average Bonchev–Trinajstić information content (AvgIpc) is 3.13. The molecule has 0 atom stereocenters. The largest absolute Gasteiger partial charge is 0.381 e. The van der Waals surface area contributed by atoms with Gasteiger partial charge in [0.1, 0.15) is 0 Å². The lowest BCUT2D eigenvalue weighted by atomic mass is 10.1. The third-order valence-electron chi connectivity index (χ3n) is 10.0. The number of aryl methyl sites for hydroxylation is 2. The van der Waals surface area contributed by atoms with Crippen LogP contribution in [0.5, 0.6) is 0 Å². The Balaban J connectivity index is 1.16. The monoisotopic (exact) mass is 703 g/mol. The van der Waals surface area contributed by atoms with Crippen molar-refractivity contribution < 1.29 is 4.74 Å². The number of hydrogen-bond donors (Lipinski definition) is 0. The Hall–Kier alpha value is -1.43. The lowest BCUT2D eigenvalue weighted by Gasteiger charge is -2.05. The molecule has 0 amide bonds. The molecule has 2 rings (SSSR count). The summed E-state index contributed by atoms with van der Waals surface area (Å²) < 4.78 is 5.90. The van der Waals surface area contributed by atoms with Crippen molar-refractivity contribution in [1.82, 2.24) is 0 Å². The van der Waals surface area contributed by atoms with Crippen molar-refractivity contribution >= 4 is 16.8 Å². The van der Waals surface area contributed by atoms with Gasteiger partial charge in [0.25, 0.3) is 0 Å². The standard InChI is InChI=1S/C46H78OSi2/c1(3-7-11-15-19-23-27-33-41-48-43-35-29-36-44-48)5-9-13-17-21-25-31-39-47-40-32-26-22-18-14-10-6-2-4-8-12-16-20-24-28-34-42-49-45-37-30-38-46-49/h1-4,29-30,35-38,43-46H,5-28,31-34,39-42H2/b3-1-,4-2-. The van der Waals surface area contributed by atoms with Crippen LogP contribution in [0, 0.1) is 0 Å². The second-order valence-corrected chi connectivity index (χ2v) is 19.3. The second-order valence-electron chi connectivity index (χ2n) is 14.7. The van der Waals surface area contributed by atoms with Gasteiger partial charge < -0.3 is 4.74 Å². The Bertz CT molecular complexity index is 894. The van der Waals surface area contributed by atoms with E-state index in [0.717, 1.165) is 13.2 Å². The smallest absolute Gasteiger partial charge is 0.0466 e. The van der Waals surface area contributed by atoms with Gasteiger partial charge in [-0.25, -0.2) is 0 Å². The van der Waals surface area contributed by atoms with E-state index in [1.54, 1.807) is 0 Å². The first-order valence-electron chi connectivity index (χ1n) is 21.4. The van der Waals surface area contributed by atoms with Crippen molar-refractivity contribution in [3.05, 3.63) is 83.4 Å². The zero-order valence-corrected chi connectivity index (χ0v) is 34.1. The van der Waals surface area contributed by atoms with Gasteiger partial charge in [-0.3, -0.25) is 0 Å². The molecule has 276 valence electrons. The fourth-order valence-electron chi connectivity index (χ4n) is 6.81. The molecule has 0 saturated carbocycles. The molecular weight excluding hydrogens is 625 g/mol. The van der Waals surface area contributed by atoms with Gasteiger partial charge in [0.2, 0.25) is 0 Å². The zero-order valence-electron chi connectivity index (χ0n) is 32.1. The average molecular weight is 703 g/mol. The maximum absolute atomic E-state index is 5.90. The van der Waals surface area contributed by atoms with Crippen LogP contribution in [-0.2, 0) is 16.8 Å². The predicted molar refractivity (Wildman–Crippen MR) is 223 cm³/mol. The van der Waals surface area contributed by atoms with Crippen molar-refractivity contribution in [3.63, 3.8) is 0 Å². The lowest BCUT2D eigenvalue weighted by Crippen LogP contribution is -1.98. The van der Waals surface area contributed by atoms with Gasteiger partial charge in [0.05, 0.1) is 0 Å². The van der Waals surface area contributed by atoms with Crippen LogP contribution in [0.3, 0.4) is 0 Å². The molecule has 0 aliphatic rings. The first-order chi connectivity index (χ1) is 24.4. The van der Waals surface area contributed by atoms with Crippen molar-refractivity contribution in [1.29, 1.82) is 0 Å². The fourth-order valence-corrected chi connectivity index (χ4v) is 10.4. The number of hydrogen-bond acceptors (Lipinski definition) is 1. The minimum Gasteiger partial charge on any atom is -0.381 e. The highest BCUT2D eigenvalue weighted by atomic mass is 28.2. The second kappa shape index (κ2) is 36.4. The van der Waals surface area contributed by atoms with Crippen LogP contribution in [0.15, 0.2) is 83.4 Å². The molecule has 0 saturated heterocycles. The molecule has 2 heterocycles. The van der Waals surface area contributed by atoms with E-state index in [1.807, 2.05) is 0 Å². The molecule has 0 aliphatic heterocycles. The van der Waals surface area contributed by atoms with Gasteiger partial charge in [-0.15, -0.1) is 0 Å². The van der Waals surface area contributed by atoms with Crippen molar-refractivity contribution in [3.8, 4) is 0 Å². The summed E-state index contributed by atoms with van der Waals surface area (Å²) in [5.41, 5.74) is 9.76.